The van der Waals surface area contributed by atoms with Gasteiger partial charge in [0.2, 0.25) is 5.95 Å². The first-order chi connectivity index (χ1) is 17.3. The van der Waals surface area contributed by atoms with Crippen molar-refractivity contribution in [3.63, 3.8) is 0 Å². The molecule has 5 aromatic rings. The van der Waals surface area contributed by atoms with Crippen molar-refractivity contribution in [3.05, 3.63) is 91.1 Å². The molecule has 0 aliphatic heterocycles. The predicted octanol–water partition coefficient (Wildman–Crippen LogP) is 5.61. The van der Waals surface area contributed by atoms with Gasteiger partial charge >= 0.3 is 0 Å². The zero-order valence-corrected chi connectivity index (χ0v) is 20.1. The molecule has 0 atom stereocenters. The Balaban J connectivity index is 1.32. The lowest BCUT2D eigenvalue weighted by atomic mass is 10.0. The number of hydrogen-bond donors (Lipinski definition) is 3. The van der Waals surface area contributed by atoms with E-state index >= 15 is 0 Å². The molecule has 2 aromatic heterocycles. The fourth-order valence-electron chi connectivity index (χ4n) is 3.65. The van der Waals surface area contributed by atoms with Gasteiger partial charge in [-0.25, -0.2) is 9.97 Å². The first-order valence-electron chi connectivity index (χ1n) is 11.4. The molecule has 0 aliphatic rings. The Hall–Kier alpha value is -4.01. The summed E-state index contributed by atoms with van der Waals surface area (Å²) >= 11 is 1.60. The molecule has 0 bridgehead atoms. The van der Waals surface area contributed by atoms with Crippen molar-refractivity contribution in [2.75, 3.05) is 30.8 Å². The minimum atomic E-state index is 0.632. The van der Waals surface area contributed by atoms with Crippen LogP contribution in [0.25, 0.3) is 22.0 Å². The van der Waals surface area contributed by atoms with Crippen LogP contribution >= 0.6 is 11.8 Å². The van der Waals surface area contributed by atoms with E-state index < -0.39 is 0 Å². The van der Waals surface area contributed by atoms with Gasteiger partial charge in [-0.2, -0.15) is 0 Å². The van der Waals surface area contributed by atoms with Crippen molar-refractivity contribution in [1.82, 2.24) is 25.5 Å². The monoisotopic (exact) mass is 479 g/mol. The molecule has 0 saturated carbocycles. The van der Waals surface area contributed by atoms with Crippen LogP contribution in [0.4, 0.5) is 17.5 Å². The van der Waals surface area contributed by atoms with Gasteiger partial charge < -0.3 is 16.0 Å². The van der Waals surface area contributed by atoms with Gasteiger partial charge in [-0.15, -0.1) is 10.2 Å². The van der Waals surface area contributed by atoms with E-state index in [1.807, 2.05) is 55.6 Å². The largest absolute Gasteiger partial charge is 0.353 e. The minimum absolute atomic E-state index is 0.632. The van der Waals surface area contributed by atoms with Crippen molar-refractivity contribution in [3.8, 4) is 11.3 Å². The summed E-state index contributed by atoms with van der Waals surface area (Å²) in [6.07, 6.45) is 1.77. The number of nitrogens with one attached hydrogen (secondary N) is 3. The quantitative estimate of drug-likeness (QED) is 0.186. The Kier molecular flexibility index (Phi) is 7.12. The van der Waals surface area contributed by atoms with Crippen LogP contribution in [-0.4, -0.2) is 40.3 Å². The molecule has 5 rings (SSSR count). The first-order valence-corrected chi connectivity index (χ1v) is 12.2. The van der Waals surface area contributed by atoms with E-state index in [1.54, 1.807) is 18.0 Å². The molecule has 8 heteroatoms. The number of anilines is 3. The molecule has 0 unspecified atom stereocenters. The normalized spacial score (nSPS) is 10.9. The molecule has 0 spiro atoms. The molecular formula is C27H25N7S. The van der Waals surface area contributed by atoms with Crippen LogP contribution in [0.2, 0.25) is 0 Å². The highest BCUT2D eigenvalue weighted by molar-refractivity contribution is 7.99. The topological polar surface area (TPSA) is 87.7 Å². The molecule has 7 nitrogen and oxygen atoms in total. The molecule has 3 aromatic carbocycles. The molecule has 0 amide bonds. The predicted molar refractivity (Wildman–Crippen MR) is 143 cm³/mol. The summed E-state index contributed by atoms with van der Waals surface area (Å²) in [6, 6.07) is 28.5. The third-order valence-corrected chi connectivity index (χ3v) is 6.31. The Morgan fingerprint density at radius 1 is 0.771 bits per heavy atom. The maximum absolute atomic E-state index is 4.58. The first kappa shape index (κ1) is 22.8. The molecule has 0 aliphatic carbocycles. The van der Waals surface area contributed by atoms with Gasteiger partial charge in [0, 0.05) is 46.2 Å². The van der Waals surface area contributed by atoms with Gasteiger partial charge in [0.1, 0.15) is 10.7 Å². The fraction of sp³-hybridized carbons (Fsp3) is 0.111. The van der Waals surface area contributed by atoms with Crippen LogP contribution in [0.3, 0.4) is 0 Å². The van der Waals surface area contributed by atoms with E-state index in [-0.39, 0.29) is 0 Å². The average Bonchev–Trinajstić information content (AvgIpc) is 2.91. The van der Waals surface area contributed by atoms with Crippen LogP contribution in [0.5, 0.6) is 0 Å². The Labute approximate surface area is 208 Å². The van der Waals surface area contributed by atoms with E-state index in [4.69, 9.17) is 0 Å². The summed E-state index contributed by atoms with van der Waals surface area (Å²) in [5.74, 6) is 1.36. The lowest BCUT2D eigenvalue weighted by molar-refractivity contribution is 0.815. The zero-order valence-electron chi connectivity index (χ0n) is 19.3. The highest BCUT2D eigenvalue weighted by Crippen LogP contribution is 2.32. The van der Waals surface area contributed by atoms with E-state index in [9.17, 15) is 0 Å². The fourth-order valence-corrected chi connectivity index (χ4v) is 4.43. The van der Waals surface area contributed by atoms with Gasteiger partial charge in [0.25, 0.3) is 0 Å². The standard InChI is InChI=1S/C27H25N7S/c1-28-17-18-30-27-29-16-15-24(32-27)35-21-13-11-20(12-14-21)31-26-23-10-6-5-9-22(23)25(33-34-26)19-7-3-2-4-8-19/h2-16,28H,17-18H2,1H3,(H,31,34)(H,29,30,32). The summed E-state index contributed by atoms with van der Waals surface area (Å²) in [4.78, 5) is 9.94. The molecule has 2 heterocycles. The molecule has 3 N–H and O–H groups in total. The Morgan fingerprint density at radius 2 is 1.54 bits per heavy atom. The summed E-state index contributed by atoms with van der Waals surface area (Å²) < 4.78 is 0. The average molecular weight is 480 g/mol. The maximum atomic E-state index is 4.58. The van der Waals surface area contributed by atoms with Crippen LogP contribution in [0.15, 0.2) is 101 Å². The number of aromatic nitrogens is 4. The number of benzene rings is 3. The number of nitrogens with zero attached hydrogens (tertiary/aromatic N) is 4. The SMILES string of the molecule is CNCCNc1nccc(Sc2ccc(Nc3nnc(-c4ccccc4)c4ccccc34)cc2)n1. The third-order valence-electron chi connectivity index (χ3n) is 5.36. The molecule has 0 radical (unpaired) electrons. The number of likely N-dealkylation sites (N-methyl/N-ethyl adjacent to an activating group) is 1. The summed E-state index contributed by atoms with van der Waals surface area (Å²) in [5, 5.41) is 21.8. The van der Waals surface area contributed by atoms with Gasteiger partial charge in [0.05, 0.1) is 0 Å². The molecule has 0 saturated heterocycles. The van der Waals surface area contributed by atoms with E-state index in [2.05, 4.69) is 72.5 Å². The van der Waals surface area contributed by atoms with E-state index in [1.165, 1.54) is 0 Å². The van der Waals surface area contributed by atoms with Crippen molar-refractivity contribution in [2.24, 2.45) is 0 Å². The molecular weight excluding hydrogens is 454 g/mol. The van der Waals surface area contributed by atoms with E-state index in [0.717, 1.165) is 56.5 Å². The van der Waals surface area contributed by atoms with Gasteiger partial charge in [0.15, 0.2) is 5.82 Å². The lowest BCUT2D eigenvalue weighted by Gasteiger charge is -2.11. The van der Waals surface area contributed by atoms with Crippen molar-refractivity contribution >= 4 is 40.0 Å². The Bertz CT molecular complexity index is 1410. The summed E-state index contributed by atoms with van der Waals surface area (Å²) in [5.41, 5.74) is 2.87. The Morgan fingerprint density at radius 3 is 2.34 bits per heavy atom. The van der Waals surface area contributed by atoms with Crippen molar-refractivity contribution in [1.29, 1.82) is 0 Å². The molecule has 174 valence electrons. The second-order valence-electron chi connectivity index (χ2n) is 7.81. The van der Waals surface area contributed by atoms with Crippen LogP contribution < -0.4 is 16.0 Å². The van der Waals surface area contributed by atoms with Crippen LogP contribution in [0.1, 0.15) is 0 Å². The zero-order chi connectivity index (χ0) is 23.9. The molecule has 0 fully saturated rings. The highest BCUT2D eigenvalue weighted by atomic mass is 32.2. The summed E-state index contributed by atoms with van der Waals surface area (Å²) in [7, 11) is 1.92. The van der Waals surface area contributed by atoms with Crippen molar-refractivity contribution in [2.45, 2.75) is 9.92 Å². The second-order valence-corrected chi connectivity index (χ2v) is 8.90. The molecule has 35 heavy (non-hydrogen) atoms. The minimum Gasteiger partial charge on any atom is -0.353 e. The smallest absolute Gasteiger partial charge is 0.223 e. The van der Waals surface area contributed by atoms with Gasteiger partial charge in [-0.1, -0.05) is 66.4 Å². The maximum Gasteiger partial charge on any atom is 0.223 e. The van der Waals surface area contributed by atoms with Crippen molar-refractivity contribution < 1.29 is 0 Å². The highest BCUT2D eigenvalue weighted by Gasteiger charge is 2.11. The second kappa shape index (κ2) is 10.9. The lowest BCUT2D eigenvalue weighted by Crippen LogP contribution is -2.18. The number of hydrogen-bond acceptors (Lipinski definition) is 8. The van der Waals surface area contributed by atoms with Gasteiger partial charge in [-0.3, -0.25) is 0 Å². The van der Waals surface area contributed by atoms with Crippen LogP contribution in [0, 0.1) is 0 Å². The van der Waals surface area contributed by atoms with Crippen LogP contribution in [-0.2, 0) is 0 Å². The van der Waals surface area contributed by atoms with Gasteiger partial charge in [-0.05, 0) is 37.4 Å². The number of rotatable bonds is 9. The summed E-state index contributed by atoms with van der Waals surface area (Å²) in [6.45, 7) is 1.62. The third kappa shape index (κ3) is 5.56. The number of fused-ring (bicyclic) bond motifs is 1. The van der Waals surface area contributed by atoms with E-state index in [0.29, 0.717) is 5.95 Å².